The fourth-order valence-corrected chi connectivity index (χ4v) is 2.28. The van der Waals surface area contributed by atoms with Crippen LogP contribution in [0.5, 0.6) is 0 Å². The van der Waals surface area contributed by atoms with Crippen LogP contribution in [0.3, 0.4) is 0 Å². The molecule has 2 rings (SSSR count). The van der Waals surface area contributed by atoms with Crippen LogP contribution in [0.2, 0.25) is 0 Å². The Bertz CT molecular complexity index is 574. The van der Waals surface area contributed by atoms with E-state index in [0.29, 0.717) is 13.0 Å². The lowest BCUT2D eigenvalue weighted by molar-refractivity contribution is -0.136. The fraction of sp³-hybridized carbons (Fsp3) is 0.400. The van der Waals surface area contributed by atoms with Crippen LogP contribution in [0.1, 0.15) is 24.8 Å². The number of carbonyl (C=O) groups excluding carboxylic acids is 2. The average molecular weight is 305 g/mol. The molecule has 0 atom stereocenters. The summed E-state index contributed by atoms with van der Waals surface area (Å²) in [7, 11) is 0. The molecule has 7 nitrogen and oxygen atoms in total. The lowest BCUT2D eigenvalue weighted by atomic mass is 10.2. The quantitative estimate of drug-likeness (QED) is 0.732. The third kappa shape index (κ3) is 4.47. The van der Waals surface area contributed by atoms with Crippen molar-refractivity contribution < 1.29 is 19.5 Å². The third-order valence-corrected chi connectivity index (χ3v) is 3.37. The summed E-state index contributed by atoms with van der Waals surface area (Å²) in [5.74, 6) is -0.834. The molecule has 118 valence electrons. The normalized spacial score (nSPS) is 14.0. The van der Waals surface area contributed by atoms with E-state index in [1.54, 1.807) is 4.90 Å². The Morgan fingerprint density at radius 2 is 2.09 bits per heavy atom. The van der Waals surface area contributed by atoms with Gasteiger partial charge in [-0.2, -0.15) is 0 Å². The van der Waals surface area contributed by atoms with Crippen LogP contribution in [0.15, 0.2) is 24.3 Å². The Hall–Kier alpha value is -2.57. The minimum atomic E-state index is -0.955. The van der Waals surface area contributed by atoms with Crippen molar-refractivity contribution in [3.8, 4) is 0 Å². The van der Waals surface area contributed by atoms with Crippen molar-refractivity contribution in [3.63, 3.8) is 0 Å². The number of urea groups is 1. The number of rotatable bonds is 6. The second-order valence-corrected chi connectivity index (χ2v) is 5.07. The number of hydrogen-bond acceptors (Lipinski definition) is 3. The number of hydrogen-bond donors (Lipinski definition) is 3. The molecule has 1 saturated heterocycles. The first kappa shape index (κ1) is 15.8. The van der Waals surface area contributed by atoms with Crippen LogP contribution >= 0.6 is 0 Å². The average Bonchev–Trinajstić information content (AvgIpc) is 2.91. The molecule has 0 aliphatic carbocycles. The molecule has 0 bridgehead atoms. The minimum absolute atomic E-state index is 0.0868. The lowest BCUT2D eigenvalue weighted by Gasteiger charge is -2.16. The zero-order chi connectivity index (χ0) is 15.9. The first-order valence-electron chi connectivity index (χ1n) is 7.19. The van der Waals surface area contributed by atoms with Crippen LogP contribution in [-0.4, -0.2) is 36.1 Å². The zero-order valence-electron chi connectivity index (χ0n) is 12.2. The van der Waals surface area contributed by atoms with Crippen molar-refractivity contribution in [1.82, 2.24) is 10.6 Å². The largest absolute Gasteiger partial charge is 0.481 e. The standard InChI is InChI=1S/C15H19N3O4/c19-13-5-2-8-18(13)12-4-1-3-11(9-12)10-17-15(22)16-7-6-14(20)21/h1,3-4,9H,2,5-8,10H2,(H,20,21)(H2,16,17,22). The number of carboxylic acids is 1. The molecule has 0 saturated carbocycles. The first-order valence-corrected chi connectivity index (χ1v) is 7.19. The Kier molecular flexibility index (Phi) is 5.35. The highest BCUT2D eigenvalue weighted by atomic mass is 16.4. The van der Waals surface area contributed by atoms with Crippen molar-refractivity contribution in [3.05, 3.63) is 29.8 Å². The number of aliphatic carboxylic acids is 1. The van der Waals surface area contributed by atoms with Gasteiger partial charge in [0.25, 0.3) is 0 Å². The van der Waals surface area contributed by atoms with Gasteiger partial charge in [0, 0.05) is 31.7 Å². The van der Waals surface area contributed by atoms with Crippen LogP contribution < -0.4 is 15.5 Å². The van der Waals surface area contributed by atoms with Crippen molar-refractivity contribution in [2.24, 2.45) is 0 Å². The number of benzene rings is 1. The van der Waals surface area contributed by atoms with E-state index in [1.807, 2.05) is 24.3 Å². The molecule has 1 aliphatic heterocycles. The summed E-state index contributed by atoms with van der Waals surface area (Å²) in [5.41, 5.74) is 1.72. The molecule has 3 amide bonds. The number of nitrogens with one attached hydrogen (secondary N) is 2. The molecule has 22 heavy (non-hydrogen) atoms. The summed E-state index contributed by atoms with van der Waals surface area (Å²) in [5, 5.41) is 13.6. The van der Waals surface area contributed by atoms with E-state index in [1.165, 1.54) is 0 Å². The van der Waals surface area contributed by atoms with Gasteiger partial charge in [-0.15, -0.1) is 0 Å². The van der Waals surface area contributed by atoms with Gasteiger partial charge in [-0.05, 0) is 24.1 Å². The highest BCUT2D eigenvalue weighted by molar-refractivity contribution is 5.95. The summed E-state index contributed by atoms with van der Waals surface area (Å²) in [4.78, 5) is 35.3. The number of anilines is 1. The monoisotopic (exact) mass is 305 g/mol. The first-order chi connectivity index (χ1) is 10.6. The van der Waals surface area contributed by atoms with Gasteiger partial charge in [0.15, 0.2) is 0 Å². The van der Waals surface area contributed by atoms with Crippen LogP contribution in [0.25, 0.3) is 0 Å². The van der Waals surface area contributed by atoms with Crippen molar-refractivity contribution in [2.75, 3.05) is 18.0 Å². The number of carboxylic acid groups (broad SMARTS) is 1. The molecule has 0 unspecified atom stereocenters. The minimum Gasteiger partial charge on any atom is -0.481 e. The topological polar surface area (TPSA) is 98.7 Å². The Labute approximate surface area is 128 Å². The zero-order valence-corrected chi connectivity index (χ0v) is 12.2. The summed E-state index contributed by atoms with van der Waals surface area (Å²) < 4.78 is 0. The van der Waals surface area contributed by atoms with Crippen LogP contribution in [0.4, 0.5) is 10.5 Å². The van der Waals surface area contributed by atoms with Gasteiger partial charge < -0.3 is 20.6 Å². The molecule has 1 fully saturated rings. The molecular weight excluding hydrogens is 286 g/mol. The maximum absolute atomic E-state index is 11.7. The molecule has 7 heteroatoms. The molecule has 1 aromatic rings. The van der Waals surface area contributed by atoms with Gasteiger partial charge >= 0.3 is 12.0 Å². The van der Waals surface area contributed by atoms with E-state index in [2.05, 4.69) is 10.6 Å². The van der Waals surface area contributed by atoms with Crippen molar-refractivity contribution in [1.29, 1.82) is 0 Å². The smallest absolute Gasteiger partial charge is 0.315 e. The molecule has 0 aromatic heterocycles. The SMILES string of the molecule is O=C(O)CCNC(=O)NCc1cccc(N2CCCC2=O)c1. The Morgan fingerprint density at radius 1 is 1.27 bits per heavy atom. The van der Waals surface area contributed by atoms with E-state index in [4.69, 9.17) is 5.11 Å². The summed E-state index contributed by atoms with van der Waals surface area (Å²) in [6.45, 7) is 1.13. The highest BCUT2D eigenvalue weighted by Gasteiger charge is 2.21. The maximum atomic E-state index is 11.7. The lowest BCUT2D eigenvalue weighted by Crippen LogP contribution is -2.36. The van der Waals surface area contributed by atoms with Gasteiger partial charge in [-0.25, -0.2) is 4.79 Å². The molecule has 0 spiro atoms. The second-order valence-electron chi connectivity index (χ2n) is 5.07. The second kappa shape index (κ2) is 7.44. The Balaban J connectivity index is 1.84. The molecular formula is C15H19N3O4. The van der Waals surface area contributed by atoms with Crippen LogP contribution in [-0.2, 0) is 16.1 Å². The molecule has 1 aromatic carbocycles. The van der Waals surface area contributed by atoms with Crippen molar-refractivity contribution >= 4 is 23.6 Å². The van der Waals surface area contributed by atoms with Gasteiger partial charge in [0.2, 0.25) is 5.91 Å². The predicted octanol–water partition coefficient (Wildman–Crippen LogP) is 1.09. The molecule has 1 aliphatic rings. The number of nitrogens with zero attached hydrogens (tertiary/aromatic N) is 1. The van der Waals surface area contributed by atoms with Crippen LogP contribution in [0, 0.1) is 0 Å². The van der Waals surface area contributed by atoms with Gasteiger partial charge in [-0.1, -0.05) is 12.1 Å². The van der Waals surface area contributed by atoms with E-state index >= 15 is 0 Å². The highest BCUT2D eigenvalue weighted by Crippen LogP contribution is 2.22. The van der Waals surface area contributed by atoms with E-state index in [9.17, 15) is 14.4 Å². The molecule has 3 N–H and O–H groups in total. The fourth-order valence-electron chi connectivity index (χ4n) is 2.28. The van der Waals surface area contributed by atoms with Crippen molar-refractivity contribution in [2.45, 2.75) is 25.8 Å². The molecule has 1 heterocycles. The predicted molar refractivity (Wildman–Crippen MR) is 80.5 cm³/mol. The summed E-state index contributed by atoms with van der Waals surface area (Å²) in [6.07, 6.45) is 1.34. The maximum Gasteiger partial charge on any atom is 0.315 e. The molecule has 0 radical (unpaired) electrons. The number of carbonyl (C=O) groups is 3. The van der Waals surface area contributed by atoms with Gasteiger partial charge in [0.05, 0.1) is 6.42 Å². The summed E-state index contributed by atoms with van der Waals surface area (Å²) >= 11 is 0. The number of amides is 3. The van der Waals surface area contributed by atoms with E-state index < -0.39 is 12.0 Å². The third-order valence-electron chi connectivity index (χ3n) is 3.37. The van der Waals surface area contributed by atoms with Gasteiger partial charge in [0.1, 0.15) is 0 Å². The van der Waals surface area contributed by atoms with E-state index in [-0.39, 0.29) is 18.9 Å². The van der Waals surface area contributed by atoms with E-state index in [0.717, 1.165) is 24.2 Å². The van der Waals surface area contributed by atoms with Gasteiger partial charge in [-0.3, -0.25) is 9.59 Å². The Morgan fingerprint density at radius 3 is 2.77 bits per heavy atom. The summed E-state index contributed by atoms with van der Waals surface area (Å²) in [6, 6.07) is 7.05.